The van der Waals surface area contributed by atoms with Crippen molar-refractivity contribution in [1.82, 2.24) is 4.31 Å². The third-order valence-electron chi connectivity index (χ3n) is 4.43. The predicted octanol–water partition coefficient (Wildman–Crippen LogP) is 1.96. The molecule has 0 saturated carbocycles. The average Bonchev–Trinajstić information content (AvgIpc) is 2.64. The van der Waals surface area contributed by atoms with Crippen molar-refractivity contribution in [3.05, 3.63) is 58.6 Å². The quantitative estimate of drug-likeness (QED) is 0.784. The number of halogens is 2. The summed E-state index contributed by atoms with van der Waals surface area (Å²) in [5.74, 6) is 0.675. The molecule has 0 amide bonds. The van der Waals surface area contributed by atoms with Crippen molar-refractivity contribution < 1.29 is 18.1 Å². The highest BCUT2D eigenvalue weighted by molar-refractivity contribution is 7.89. The minimum Gasteiger partial charge on any atom is -0.486 e. The molecule has 8 heteroatoms. The van der Waals surface area contributed by atoms with Crippen molar-refractivity contribution in [1.29, 1.82) is 0 Å². The zero-order chi connectivity index (χ0) is 18.6. The van der Waals surface area contributed by atoms with Gasteiger partial charge in [0.25, 0.3) is 0 Å². The zero-order valence-electron chi connectivity index (χ0n) is 14.2. The van der Waals surface area contributed by atoms with E-state index in [0.29, 0.717) is 30.5 Å². The van der Waals surface area contributed by atoms with Crippen LogP contribution in [0.25, 0.3) is 0 Å². The Hall–Kier alpha value is -1.31. The van der Waals surface area contributed by atoms with Crippen LogP contribution in [0.3, 0.4) is 0 Å². The topological polar surface area (TPSA) is 51.0 Å². The van der Waals surface area contributed by atoms with Gasteiger partial charge in [0.15, 0.2) is 0 Å². The summed E-state index contributed by atoms with van der Waals surface area (Å²) < 4.78 is 32.7. The second-order valence-corrected chi connectivity index (χ2v) is 8.83. The largest absolute Gasteiger partial charge is 0.486 e. The number of benzene rings is 2. The Balaban J connectivity index is 1.51. The lowest BCUT2D eigenvalue weighted by molar-refractivity contribution is -0.903. The van der Waals surface area contributed by atoms with Gasteiger partial charge in [-0.25, -0.2) is 8.42 Å². The number of nitrogens with zero attached hydrogens (tertiary/aromatic N) is 1. The van der Waals surface area contributed by atoms with Gasteiger partial charge in [-0.05, 0) is 24.3 Å². The smallest absolute Gasteiger partial charge is 0.244 e. The van der Waals surface area contributed by atoms with E-state index in [4.69, 9.17) is 27.9 Å². The molecule has 0 atom stereocenters. The standard InChI is InChI=1S/C18H20Cl2N2O3S/c19-15-5-1-3-7-17(15)25-14-13-21-9-11-22(12-10-21)26(23,24)18-8-4-2-6-16(18)20/h1-8H,9-14H2/p+1. The molecule has 0 bridgehead atoms. The fourth-order valence-electron chi connectivity index (χ4n) is 2.95. The number of para-hydroxylation sites is 1. The van der Waals surface area contributed by atoms with Crippen LogP contribution in [-0.4, -0.2) is 52.1 Å². The van der Waals surface area contributed by atoms with Crippen molar-refractivity contribution in [2.24, 2.45) is 0 Å². The van der Waals surface area contributed by atoms with Gasteiger partial charge in [-0.15, -0.1) is 0 Å². The van der Waals surface area contributed by atoms with Crippen molar-refractivity contribution in [2.45, 2.75) is 4.90 Å². The van der Waals surface area contributed by atoms with Crippen LogP contribution in [0.15, 0.2) is 53.4 Å². The van der Waals surface area contributed by atoms with Gasteiger partial charge in [-0.3, -0.25) is 0 Å². The van der Waals surface area contributed by atoms with Crippen LogP contribution in [0.2, 0.25) is 10.0 Å². The van der Waals surface area contributed by atoms with E-state index in [2.05, 4.69) is 0 Å². The molecule has 26 heavy (non-hydrogen) atoms. The molecule has 2 aromatic rings. The Morgan fingerprint density at radius 3 is 2.23 bits per heavy atom. The van der Waals surface area contributed by atoms with Crippen molar-refractivity contribution >= 4 is 33.2 Å². The Bertz CT molecular complexity index is 853. The number of quaternary nitrogens is 1. The summed E-state index contributed by atoms with van der Waals surface area (Å²) >= 11 is 12.1. The molecule has 1 aliphatic heterocycles. The molecule has 0 aliphatic carbocycles. The lowest BCUT2D eigenvalue weighted by Crippen LogP contribution is -3.15. The van der Waals surface area contributed by atoms with E-state index in [1.807, 2.05) is 18.2 Å². The van der Waals surface area contributed by atoms with Crippen LogP contribution in [0.1, 0.15) is 0 Å². The van der Waals surface area contributed by atoms with Crippen LogP contribution >= 0.6 is 23.2 Å². The maximum Gasteiger partial charge on any atom is 0.244 e. The molecular formula is C18H21Cl2N2O3S+. The van der Waals surface area contributed by atoms with E-state index in [9.17, 15) is 8.42 Å². The molecule has 1 heterocycles. The van der Waals surface area contributed by atoms with Crippen LogP contribution in [0, 0.1) is 0 Å². The summed E-state index contributed by atoms with van der Waals surface area (Å²) in [6.45, 7) is 3.73. The first-order chi connectivity index (χ1) is 12.5. The number of piperazine rings is 1. The van der Waals surface area contributed by atoms with E-state index in [1.165, 1.54) is 9.21 Å². The van der Waals surface area contributed by atoms with Crippen LogP contribution in [0.4, 0.5) is 0 Å². The maximum atomic E-state index is 12.7. The Kier molecular flexibility index (Phi) is 6.42. The Morgan fingerprint density at radius 1 is 0.962 bits per heavy atom. The highest BCUT2D eigenvalue weighted by atomic mass is 35.5. The molecule has 2 aromatic carbocycles. The van der Waals surface area contributed by atoms with Crippen molar-refractivity contribution in [3.8, 4) is 5.75 Å². The number of hydrogen-bond acceptors (Lipinski definition) is 3. The minimum absolute atomic E-state index is 0.173. The minimum atomic E-state index is -3.55. The molecule has 1 fully saturated rings. The molecule has 1 N–H and O–H groups in total. The molecule has 1 saturated heterocycles. The third-order valence-corrected chi connectivity index (χ3v) is 7.14. The molecule has 140 valence electrons. The summed E-state index contributed by atoms with van der Waals surface area (Å²) in [5, 5.41) is 0.855. The summed E-state index contributed by atoms with van der Waals surface area (Å²) in [6.07, 6.45) is 0. The summed E-state index contributed by atoms with van der Waals surface area (Å²) in [6, 6.07) is 13.9. The molecule has 0 aromatic heterocycles. The van der Waals surface area contributed by atoms with E-state index >= 15 is 0 Å². The molecular weight excluding hydrogens is 395 g/mol. The normalized spacial score (nSPS) is 16.5. The fraction of sp³-hybridized carbons (Fsp3) is 0.333. The van der Waals surface area contributed by atoms with Gasteiger partial charge in [-0.2, -0.15) is 4.31 Å². The molecule has 0 unspecified atom stereocenters. The Morgan fingerprint density at radius 2 is 1.58 bits per heavy atom. The van der Waals surface area contributed by atoms with Crippen molar-refractivity contribution in [3.63, 3.8) is 0 Å². The lowest BCUT2D eigenvalue weighted by atomic mass is 10.3. The number of nitrogens with one attached hydrogen (secondary N) is 1. The molecule has 3 rings (SSSR count). The monoisotopic (exact) mass is 415 g/mol. The van der Waals surface area contributed by atoms with Crippen LogP contribution < -0.4 is 9.64 Å². The highest BCUT2D eigenvalue weighted by Gasteiger charge is 2.31. The van der Waals surface area contributed by atoms with Gasteiger partial charge in [0, 0.05) is 0 Å². The van der Waals surface area contributed by atoms with Gasteiger partial charge < -0.3 is 9.64 Å². The summed E-state index contributed by atoms with van der Waals surface area (Å²) in [7, 11) is -3.55. The average molecular weight is 416 g/mol. The molecule has 1 aliphatic rings. The predicted molar refractivity (Wildman–Crippen MR) is 103 cm³/mol. The fourth-order valence-corrected chi connectivity index (χ4v) is 5.08. The first-order valence-corrected chi connectivity index (χ1v) is 10.6. The van der Waals surface area contributed by atoms with E-state index in [0.717, 1.165) is 19.6 Å². The number of ether oxygens (including phenoxy) is 1. The van der Waals surface area contributed by atoms with Gasteiger partial charge in [0.05, 0.1) is 36.2 Å². The second kappa shape index (κ2) is 8.59. The van der Waals surface area contributed by atoms with Gasteiger partial charge in [-0.1, -0.05) is 47.5 Å². The van der Waals surface area contributed by atoms with Gasteiger partial charge in [0.1, 0.15) is 23.8 Å². The maximum absolute atomic E-state index is 12.7. The number of rotatable bonds is 6. The second-order valence-electron chi connectivity index (χ2n) is 6.11. The molecule has 0 radical (unpaired) electrons. The third kappa shape index (κ3) is 4.50. The number of sulfonamides is 1. The van der Waals surface area contributed by atoms with Crippen LogP contribution in [0.5, 0.6) is 5.75 Å². The van der Waals surface area contributed by atoms with Crippen LogP contribution in [-0.2, 0) is 10.0 Å². The zero-order valence-corrected chi connectivity index (χ0v) is 16.5. The SMILES string of the molecule is O=S(=O)(c1ccccc1Cl)N1CC[NH+](CCOc2ccccc2Cl)CC1. The van der Waals surface area contributed by atoms with Gasteiger partial charge >= 0.3 is 0 Å². The first-order valence-electron chi connectivity index (χ1n) is 8.44. The number of hydrogen-bond donors (Lipinski definition) is 1. The molecule has 5 nitrogen and oxygen atoms in total. The van der Waals surface area contributed by atoms with Crippen molar-refractivity contribution in [2.75, 3.05) is 39.3 Å². The lowest BCUT2D eigenvalue weighted by Gasteiger charge is -2.31. The van der Waals surface area contributed by atoms with E-state index in [-0.39, 0.29) is 9.92 Å². The molecule has 0 spiro atoms. The summed E-state index contributed by atoms with van der Waals surface area (Å²) in [5.41, 5.74) is 0. The van der Waals surface area contributed by atoms with E-state index < -0.39 is 10.0 Å². The van der Waals surface area contributed by atoms with Gasteiger partial charge in [0.2, 0.25) is 10.0 Å². The summed E-state index contributed by atoms with van der Waals surface area (Å²) in [4.78, 5) is 1.48. The van der Waals surface area contributed by atoms with E-state index in [1.54, 1.807) is 30.3 Å². The Labute approximate surface area is 164 Å². The first kappa shape index (κ1) is 19.5. The highest BCUT2D eigenvalue weighted by Crippen LogP contribution is 2.24.